The molecule has 1 aliphatic carbocycles. The molecule has 4 nitrogen and oxygen atoms in total. The Balaban J connectivity index is 1.97. The van der Waals surface area contributed by atoms with Crippen LogP contribution < -0.4 is 4.90 Å². The molecule has 1 aliphatic rings. The van der Waals surface area contributed by atoms with Crippen molar-refractivity contribution in [1.82, 2.24) is 9.78 Å². The van der Waals surface area contributed by atoms with Gasteiger partial charge in [-0.05, 0) is 29.7 Å². The fourth-order valence-corrected chi connectivity index (χ4v) is 4.27. The average molecular weight is 438 g/mol. The number of hydrogen-bond donors (Lipinski definition) is 0. The number of alkyl halides is 1. The van der Waals surface area contributed by atoms with Crippen molar-refractivity contribution in [3.05, 3.63) is 65.9 Å². The Bertz CT molecular complexity index is 1020. The largest absolute Gasteiger partial charge is 0.378 e. The molecule has 0 spiro atoms. The van der Waals surface area contributed by atoms with Crippen LogP contribution in [0.4, 0.5) is 5.69 Å². The number of aromatic nitrogens is 2. The second kappa shape index (κ2) is 6.89. The maximum atomic E-state index is 13.2. The lowest BCUT2D eigenvalue weighted by Crippen LogP contribution is -2.28. The minimum Gasteiger partial charge on any atom is -0.378 e. The van der Waals surface area contributed by atoms with Gasteiger partial charge in [0.15, 0.2) is 5.78 Å². The molecule has 5 heteroatoms. The van der Waals surface area contributed by atoms with Gasteiger partial charge in [0.2, 0.25) is 0 Å². The predicted octanol–water partition coefficient (Wildman–Crippen LogP) is 5.65. The minimum absolute atomic E-state index is 0.0254. The number of halogens is 1. The smallest absolute Gasteiger partial charge is 0.167 e. The summed E-state index contributed by atoms with van der Waals surface area (Å²) < 4.78 is 1.92. The van der Waals surface area contributed by atoms with Crippen LogP contribution in [-0.4, -0.2) is 29.7 Å². The second-order valence-electron chi connectivity index (χ2n) is 8.25. The molecule has 0 bridgehead atoms. The Morgan fingerprint density at radius 3 is 2.32 bits per heavy atom. The first-order valence-corrected chi connectivity index (χ1v) is 10.3. The number of rotatable bonds is 3. The van der Waals surface area contributed by atoms with Gasteiger partial charge in [-0.25, -0.2) is 4.68 Å². The van der Waals surface area contributed by atoms with Gasteiger partial charge in [-0.2, -0.15) is 5.10 Å². The SMILES string of the molecule is CN(C)c1ccc(-c2c3c(nn2-c2ccccc2)C(Br)C(C)(C)CC3=O)cc1. The van der Waals surface area contributed by atoms with E-state index in [2.05, 4.69) is 58.9 Å². The first kappa shape index (κ1) is 18.9. The number of fused-ring (bicyclic) bond motifs is 1. The van der Waals surface area contributed by atoms with Crippen molar-refractivity contribution in [2.24, 2.45) is 5.41 Å². The van der Waals surface area contributed by atoms with Crippen molar-refractivity contribution >= 4 is 27.4 Å². The lowest BCUT2D eigenvalue weighted by Gasteiger charge is -2.33. The van der Waals surface area contributed by atoms with E-state index in [1.807, 2.05) is 49.1 Å². The Kier molecular flexibility index (Phi) is 4.66. The van der Waals surface area contributed by atoms with E-state index in [0.29, 0.717) is 6.42 Å². The molecule has 1 atom stereocenters. The summed E-state index contributed by atoms with van der Waals surface area (Å²) in [5.74, 6) is 0.157. The number of Topliss-reactive ketones (excluding diaryl/α,β-unsaturated/α-hetero) is 1. The van der Waals surface area contributed by atoms with Gasteiger partial charge >= 0.3 is 0 Å². The number of para-hydroxylation sites is 1. The minimum atomic E-state index is -0.175. The molecule has 0 amide bonds. The van der Waals surface area contributed by atoms with Crippen molar-refractivity contribution in [3.8, 4) is 16.9 Å². The number of hydrogen-bond acceptors (Lipinski definition) is 3. The number of nitrogens with zero attached hydrogens (tertiary/aromatic N) is 3. The highest BCUT2D eigenvalue weighted by atomic mass is 79.9. The highest BCUT2D eigenvalue weighted by Crippen LogP contribution is 2.50. The van der Waals surface area contributed by atoms with E-state index >= 15 is 0 Å². The Morgan fingerprint density at radius 1 is 1.07 bits per heavy atom. The number of benzene rings is 2. The number of ketones is 1. The third-order valence-electron chi connectivity index (χ3n) is 5.39. The zero-order valence-electron chi connectivity index (χ0n) is 16.6. The van der Waals surface area contributed by atoms with Crippen molar-refractivity contribution < 1.29 is 4.79 Å². The highest BCUT2D eigenvalue weighted by molar-refractivity contribution is 9.09. The van der Waals surface area contributed by atoms with Crippen LogP contribution in [0.2, 0.25) is 0 Å². The molecule has 3 aromatic rings. The number of carbonyl (C=O) groups is 1. The molecule has 1 aromatic heterocycles. The normalized spacial score (nSPS) is 18.0. The van der Waals surface area contributed by atoms with Crippen LogP contribution in [-0.2, 0) is 0 Å². The molecule has 28 heavy (non-hydrogen) atoms. The summed E-state index contributed by atoms with van der Waals surface area (Å²) in [5.41, 5.74) is 5.33. The first-order valence-electron chi connectivity index (χ1n) is 9.43. The Morgan fingerprint density at radius 2 is 1.71 bits per heavy atom. The van der Waals surface area contributed by atoms with Crippen LogP contribution in [0.25, 0.3) is 16.9 Å². The standard InChI is InChI=1S/C23H24BrN3O/c1-23(2)14-18(28)19-20(22(23)24)25-27(17-8-6-5-7-9-17)21(19)15-10-12-16(13-11-15)26(3)4/h5-13,22H,14H2,1-4H3. The van der Waals surface area contributed by atoms with Crippen LogP contribution >= 0.6 is 15.9 Å². The van der Waals surface area contributed by atoms with Crippen molar-refractivity contribution in [2.45, 2.75) is 25.1 Å². The molecule has 1 heterocycles. The molecular formula is C23H24BrN3O. The Hall–Kier alpha value is -2.40. The van der Waals surface area contributed by atoms with E-state index in [0.717, 1.165) is 33.9 Å². The molecule has 144 valence electrons. The van der Waals surface area contributed by atoms with Gasteiger partial charge in [0.05, 0.1) is 27.5 Å². The van der Waals surface area contributed by atoms with Crippen molar-refractivity contribution in [2.75, 3.05) is 19.0 Å². The fourth-order valence-electron chi connectivity index (χ4n) is 3.79. The quantitative estimate of drug-likeness (QED) is 0.496. The molecule has 0 fully saturated rings. The summed E-state index contributed by atoms with van der Waals surface area (Å²) in [5, 5.41) is 4.92. The highest BCUT2D eigenvalue weighted by Gasteiger charge is 2.43. The van der Waals surface area contributed by atoms with Gasteiger partial charge in [-0.15, -0.1) is 0 Å². The van der Waals surface area contributed by atoms with Crippen molar-refractivity contribution in [1.29, 1.82) is 0 Å². The molecular weight excluding hydrogens is 414 g/mol. The molecule has 4 rings (SSSR count). The predicted molar refractivity (Wildman–Crippen MR) is 118 cm³/mol. The molecule has 0 saturated carbocycles. The molecule has 0 N–H and O–H groups in total. The molecule has 0 saturated heterocycles. The van der Waals surface area contributed by atoms with E-state index in [1.54, 1.807) is 0 Å². The summed E-state index contributed by atoms with van der Waals surface area (Å²) in [4.78, 5) is 15.3. The number of carbonyl (C=O) groups excluding carboxylic acids is 1. The van der Waals surface area contributed by atoms with Crippen LogP contribution in [0.15, 0.2) is 54.6 Å². The van der Waals surface area contributed by atoms with Gasteiger partial charge in [0.1, 0.15) is 0 Å². The maximum Gasteiger partial charge on any atom is 0.167 e. The van der Waals surface area contributed by atoms with Gasteiger partial charge in [0, 0.05) is 31.8 Å². The van der Waals surface area contributed by atoms with Gasteiger partial charge in [-0.3, -0.25) is 4.79 Å². The molecule has 1 unspecified atom stereocenters. The van der Waals surface area contributed by atoms with Gasteiger partial charge < -0.3 is 4.90 Å². The van der Waals surface area contributed by atoms with E-state index < -0.39 is 0 Å². The Labute approximate surface area is 174 Å². The summed E-state index contributed by atoms with van der Waals surface area (Å²) >= 11 is 3.82. The van der Waals surface area contributed by atoms with E-state index in [-0.39, 0.29) is 16.0 Å². The van der Waals surface area contributed by atoms with E-state index in [9.17, 15) is 4.79 Å². The molecule has 0 aliphatic heterocycles. The molecule has 2 aromatic carbocycles. The third-order valence-corrected chi connectivity index (χ3v) is 7.06. The lowest BCUT2D eigenvalue weighted by molar-refractivity contribution is 0.0911. The molecule has 0 radical (unpaired) electrons. The van der Waals surface area contributed by atoms with E-state index in [4.69, 9.17) is 5.10 Å². The van der Waals surface area contributed by atoms with E-state index in [1.165, 1.54) is 0 Å². The van der Waals surface area contributed by atoms with Crippen LogP contribution in [0.3, 0.4) is 0 Å². The van der Waals surface area contributed by atoms with Gasteiger partial charge in [-0.1, -0.05) is 60.1 Å². The summed E-state index contributed by atoms with van der Waals surface area (Å²) in [7, 11) is 4.04. The number of anilines is 1. The third kappa shape index (κ3) is 3.08. The second-order valence-corrected chi connectivity index (χ2v) is 9.16. The summed E-state index contributed by atoms with van der Waals surface area (Å²) in [6.07, 6.45) is 0.499. The average Bonchev–Trinajstić information content (AvgIpc) is 3.08. The monoisotopic (exact) mass is 437 g/mol. The van der Waals surface area contributed by atoms with Crippen molar-refractivity contribution in [3.63, 3.8) is 0 Å². The topological polar surface area (TPSA) is 38.1 Å². The lowest BCUT2D eigenvalue weighted by atomic mass is 9.75. The van der Waals surface area contributed by atoms with Crippen LogP contribution in [0.1, 0.15) is 41.1 Å². The summed E-state index contributed by atoms with van der Waals surface area (Å²) in [6.45, 7) is 4.22. The van der Waals surface area contributed by atoms with Crippen LogP contribution in [0, 0.1) is 5.41 Å². The zero-order chi connectivity index (χ0) is 20.1. The zero-order valence-corrected chi connectivity index (χ0v) is 18.2. The van der Waals surface area contributed by atoms with Crippen LogP contribution in [0.5, 0.6) is 0 Å². The first-order chi connectivity index (χ1) is 13.3. The maximum absolute atomic E-state index is 13.2. The summed E-state index contributed by atoms with van der Waals surface area (Å²) in [6, 6.07) is 18.3. The fraction of sp³-hybridized carbons (Fsp3) is 0.304. The van der Waals surface area contributed by atoms with Gasteiger partial charge in [0.25, 0.3) is 0 Å².